The average molecular weight is 263 g/mol. The molecule has 0 heterocycles. The van der Waals surface area contributed by atoms with Crippen molar-refractivity contribution < 1.29 is 9.47 Å². The summed E-state index contributed by atoms with van der Waals surface area (Å²) < 4.78 is 11.2. The quantitative estimate of drug-likeness (QED) is 0.782. The van der Waals surface area contributed by atoms with Crippen LogP contribution in [-0.2, 0) is 11.2 Å². The van der Waals surface area contributed by atoms with Gasteiger partial charge in [-0.15, -0.1) is 0 Å². The summed E-state index contributed by atoms with van der Waals surface area (Å²) in [4.78, 5) is 0. The van der Waals surface area contributed by atoms with E-state index in [1.165, 1.54) is 18.4 Å². The van der Waals surface area contributed by atoms with E-state index in [9.17, 15) is 0 Å². The minimum Gasteiger partial charge on any atom is -0.496 e. The normalized spacial score (nSPS) is 18.1. The lowest BCUT2D eigenvalue weighted by Gasteiger charge is -2.27. The number of hydrogen-bond donors (Lipinski definition) is 1. The fourth-order valence-electron chi connectivity index (χ4n) is 2.79. The van der Waals surface area contributed by atoms with Gasteiger partial charge in [0.2, 0.25) is 0 Å². The summed E-state index contributed by atoms with van der Waals surface area (Å²) in [6, 6.07) is 8.61. The molecule has 3 nitrogen and oxygen atoms in total. The molecule has 0 saturated heterocycles. The zero-order chi connectivity index (χ0) is 13.7. The molecular formula is C16H25NO2. The van der Waals surface area contributed by atoms with Crippen LogP contribution in [0.5, 0.6) is 5.75 Å². The van der Waals surface area contributed by atoms with Crippen molar-refractivity contribution in [3.8, 4) is 5.75 Å². The van der Waals surface area contributed by atoms with Gasteiger partial charge in [-0.1, -0.05) is 25.1 Å². The molecule has 19 heavy (non-hydrogen) atoms. The first kappa shape index (κ1) is 14.4. The van der Waals surface area contributed by atoms with Gasteiger partial charge < -0.3 is 14.8 Å². The number of para-hydroxylation sites is 1. The van der Waals surface area contributed by atoms with Crippen LogP contribution in [0.2, 0.25) is 0 Å². The van der Waals surface area contributed by atoms with E-state index in [0.717, 1.165) is 24.6 Å². The Hall–Kier alpha value is -1.06. The number of nitrogens with one attached hydrogen (secondary N) is 1. The highest BCUT2D eigenvalue weighted by molar-refractivity contribution is 5.34. The van der Waals surface area contributed by atoms with E-state index in [-0.39, 0.29) is 0 Å². The minimum atomic E-state index is 0.310. The molecule has 2 rings (SSSR count). The maximum Gasteiger partial charge on any atom is 0.122 e. The average Bonchev–Trinajstić information content (AvgIpc) is 3.25. The summed E-state index contributed by atoms with van der Waals surface area (Å²) in [5, 5.41) is 3.57. The van der Waals surface area contributed by atoms with Crippen molar-refractivity contribution in [3.05, 3.63) is 29.8 Å². The Balaban J connectivity index is 2.10. The third-order valence-corrected chi connectivity index (χ3v) is 3.85. The summed E-state index contributed by atoms with van der Waals surface area (Å²) >= 11 is 0. The van der Waals surface area contributed by atoms with Crippen molar-refractivity contribution in [3.63, 3.8) is 0 Å². The molecule has 0 aliphatic heterocycles. The molecule has 1 aromatic rings. The Kier molecular flexibility index (Phi) is 5.23. The van der Waals surface area contributed by atoms with Gasteiger partial charge in [0, 0.05) is 13.2 Å². The molecule has 0 radical (unpaired) electrons. The van der Waals surface area contributed by atoms with E-state index in [0.29, 0.717) is 12.1 Å². The fraction of sp³-hybridized carbons (Fsp3) is 0.625. The Morgan fingerprint density at radius 1 is 1.26 bits per heavy atom. The van der Waals surface area contributed by atoms with Crippen LogP contribution < -0.4 is 10.1 Å². The largest absolute Gasteiger partial charge is 0.496 e. The molecule has 106 valence electrons. The number of likely N-dealkylation sites (N-methyl/N-ethyl adjacent to an activating group) is 1. The molecule has 1 aliphatic rings. The lowest BCUT2D eigenvalue weighted by Crippen LogP contribution is -2.43. The van der Waals surface area contributed by atoms with Crippen LogP contribution in [0.1, 0.15) is 25.3 Å². The highest BCUT2D eigenvalue weighted by Crippen LogP contribution is 2.36. The van der Waals surface area contributed by atoms with Crippen molar-refractivity contribution in [2.45, 2.75) is 38.3 Å². The Morgan fingerprint density at radius 3 is 2.58 bits per heavy atom. The number of ether oxygens (including phenoxy) is 2. The molecule has 0 bridgehead atoms. The van der Waals surface area contributed by atoms with Gasteiger partial charge in [0.1, 0.15) is 5.75 Å². The van der Waals surface area contributed by atoms with Crippen LogP contribution in [0.15, 0.2) is 24.3 Å². The van der Waals surface area contributed by atoms with E-state index < -0.39 is 0 Å². The van der Waals surface area contributed by atoms with Gasteiger partial charge in [-0.05, 0) is 43.4 Å². The second kappa shape index (κ2) is 6.92. The van der Waals surface area contributed by atoms with Crippen LogP contribution in [0, 0.1) is 5.92 Å². The topological polar surface area (TPSA) is 30.5 Å². The monoisotopic (exact) mass is 263 g/mol. The van der Waals surface area contributed by atoms with Crippen molar-refractivity contribution in [1.29, 1.82) is 0 Å². The highest BCUT2D eigenvalue weighted by atomic mass is 16.5. The standard InChI is InChI=1S/C16H25NO2/c1-4-17-14(16(19-3)12-9-10-12)11-13-7-5-6-8-15(13)18-2/h5-8,12,14,16-17H,4,9-11H2,1-3H3. The van der Waals surface area contributed by atoms with Gasteiger partial charge in [-0.2, -0.15) is 0 Å². The molecule has 2 atom stereocenters. The summed E-state index contributed by atoms with van der Waals surface area (Å²) in [7, 11) is 3.56. The van der Waals surface area contributed by atoms with E-state index >= 15 is 0 Å². The van der Waals surface area contributed by atoms with Crippen molar-refractivity contribution >= 4 is 0 Å². The molecule has 0 aromatic heterocycles. The maximum atomic E-state index is 5.73. The Bertz CT molecular complexity index is 390. The van der Waals surface area contributed by atoms with E-state index in [1.807, 2.05) is 19.2 Å². The summed E-state index contributed by atoms with van der Waals surface area (Å²) in [6.45, 7) is 3.11. The number of rotatable bonds is 8. The number of methoxy groups -OCH3 is 2. The van der Waals surface area contributed by atoms with Crippen LogP contribution >= 0.6 is 0 Å². The van der Waals surface area contributed by atoms with E-state index in [1.54, 1.807) is 7.11 Å². The SMILES string of the molecule is CCNC(Cc1ccccc1OC)C(OC)C1CC1. The summed E-state index contributed by atoms with van der Waals surface area (Å²) in [5.74, 6) is 1.69. The van der Waals surface area contributed by atoms with Gasteiger partial charge in [-0.3, -0.25) is 0 Å². The van der Waals surface area contributed by atoms with Crippen LogP contribution in [0.4, 0.5) is 0 Å². The molecule has 1 aliphatic carbocycles. The molecule has 1 N–H and O–H groups in total. The third kappa shape index (κ3) is 3.71. The maximum absolute atomic E-state index is 5.73. The predicted molar refractivity (Wildman–Crippen MR) is 77.7 cm³/mol. The second-order valence-corrected chi connectivity index (χ2v) is 5.22. The van der Waals surface area contributed by atoms with Crippen LogP contribution in [-0.4, -0.2) is 32.9 Å². The van der Waals surface area contributed by atoms with Gasteiger partial charge in [0.15, 0.2) is 0 Å². The smallest absolute Gasteiger partial charge is 0.122 e. The Labute approximate surface area is 116 Å². The van der Waals surface area contributed by atoms with Crippen LogP contribution in [0.25, 0.3) is 0 Å². The zero-order valence-electron chi connectivity index (χ0n) is 12.2. The summed E-state index contributed by atoms with van der Waals surface area (Å²) in [5.41, 5.74) is 1.25. The van der Waals surface area contributed by atoms with Gasteiger partial charge >= 0.3 is 0 Å². The molecule has 1 saturated carbocycles. The predicted octanol–water partition coefficient (Wildman–Crippen LogP) is 2.64. The van der Waals surface area contributed by atoms with Crippen molar-refractivity contribution in [1.82, 2.24) is 5.32 Å². The lowest BCUT2D eigenvalue weighted by molar-refractivity contribution is 0.0514. The fourth-order valence-corrected chi connectivity index (χ4v) is 2.79. The first-order chi connectivity index (χ1) is 9.30. The summed E-state index contributed by atoms with van der Waals surface area (Å²) in [6.07, 6.45) is 3.86. The third-order valence-electron chi connectivity index (χ3n) is 3.85. The molecule has 1 aromatic carbocycles. The Morgan fingerprint density at radius 2 is 2.00 bits per heavy atom. The van der Waals surface area contributed by atoms with Gasteiger partial charge in [-0.25, -0.2) is 0 Å². The molecule has 3 heteroatoms. The molecular weight excluding hydrogens is 238 g/mol. The highest BCUT2D eigenvalue weighted by Gasteiger charge is 2.36. The molecule has 2 unspecified atom stereocenters. The van der Waals surface area contributed by atoms with Crippen molar-refractivity contribution in [2.24, 2.45) is 5.92 Å². The molecule has 1 fully saturated rings. The molecule has 0 amide bonds. The second-order valence-electron chi connectivity index (χ2n) is 5.22. The molecule has 0 spiro atoms. The van der Waals surface area contributed by atoms with Crippen molar-refractivity contribution in [2.75, 3.05) is 20.8 Å². The first-order valence-electron chi connectivity index (χ1n) is 7.18. The minimum absolute atomic E-state index is 0.310. The van der Waals surface area contributed by atoms with E-state index in [4.69, 9.17) is 9.47 Å². The van der Waals surface area contributed by atoms with Gasteiger partial charge in [0.25, 0.3) is 0 Å². The number of benzene rings is 1. The zero-order valence-corrected chi connectivity index (χ0v) is 12.2. The lowest BCUT2D eigenvalue weighted by atomic mass is 9.97. The van der Waals surface area contributed by atoms with Crippen LogP contribution in [0.3, 0.4) is 0 Å². The van der Waals surface area contributed by atoms with E-state index in [2.05, 4.69) is 24.4 Å². The first-order valence-corrected chi connectivity index (χ1v) is 7.18. The van der Waals surface area contributed by atoms with Gasteiger partial charge in [0.05, 0.1) is 13.2 Å². The number of hydrogen-bond acceptors (Lipinski definition) is 3.